The van der Waals surface area contributed by atoms with Gasteiger partial charge in [-0.2, -0.15) is 0 Å². The number of likely N-dealkylation sites (tertiary alicyclic amines) is 2. The molecule has 1 spiro atoms. The molecule has 3 aliphatic rings. The average molecular weight is 358 g/mol. The Morgan fingerprint density at radius 1 is 1.27 bits per heavy atom. The number of rotatable bonds is 6. The quantitative estimate of drug-likeness (QED) is 0.784. The first-order valence-electron chi connectivity index (χ1n) is 10.1. The summed E-state index contributed by atoms with van der Waals surface area (Å²) < 4.78 is 2.02. The van der Waals surface area contributed by atoms with Crippen LogP contribution in [0.25, 0.3) is 0 Å². The summed E-state index contributed by atoms with van der Waals surface area (Å²) in [7, 11) is 0. The standard InChI is InChI=1S/C20H30N4O2/c25-18(3-1-10-22-12-9-21-16-22)23-11-2-7-20(14-23)8-6-19(26)24(15-20)13-17-4-5-17/h9,12,16-17H,1-8,10-11,13-15H2/t20-/m1/s1. The van der Waals surface area contributed by atoms with Crippen molar-refractivity contribution in [2.24, 2.45) is 11.3 Å². The summed E-state index contributed by atoms with van der Waals surface area (Å²) in [5.41, 5.74) is 0.140. The minimum Gasteiger partial charge on any atom is -0.342 e. The topological polar surface area (TPSA) is 58.4 Å². The van der Waals surface area contributed by atoms with Crippen LogP contribution in [0.3, 0.4) is 0 Å². The zero-order valence-corrected chi connectivity index (χ0v) is 15.6. The number of aryl methyl sites for hydroxylation is 1. The molecule has 3 fully saturated rings. The van der Waals surface area contributed by atoms with Gasteiger partial charge in [0.05, 0.1) is 6.33 Å². The number of hydrogen-bond acceptors (Lipinski definition) is 3. The Hall–Kier alpha value is -1.85. The van der Waals surface area contributed by atoms with Gasteiger partial charge in [0.15, 0.2) is 0 Å². The average Bonchev–Trinajstić information content (AvgIpc) is 3.30. The van der Waals surface area contributed by atoms with Crippen LogP contribution in [-0.4, -0.2) is 57.3 Å². The largest absolute Gasteiger partial charge is 0.342 e. The molecule has 142 valence electrons. The van der Waals surface area contributed by atoms with E-state index in [2.05, 4.69) is 14.8 Å². The van der Waals surface area contributed by atoms with Gasteiger partial charge in [0.1, 0.15) is 0 Å². The Morgan fingerprint density at radius 2 is 2.15 bits per heavy atom. The van der Waals surface area contributed by atoms with E-state index >= 15 is 0 Å². The van der Waals surface area contributed by atoms with E-state index < -0.39 is 0 Å². The molecule has 2 aliphatic heterocycles. The lowest BCUT2D eigenvalue weighted by atomic mass is 9.73. The first kappa shape index (κ1) is 17.6. The highest BCUT2D eigenvalue weighted by Crippen LogP contribution is 2.40. The molecular formula is C20H30N4O2. The van der Waals surface area contributed by atoms with Crippen LogP contribution < -0.4 is 0 Å². The maximum Gasteiger partial charge on any atom is 0.222 e. The monoisotopic (exact) mass is 358 g/mol. The maximum absolute atomic E-state index is 12.7. The molecule has 1 aromatic rings. The SMILES string of the molecule is O=C(CCCn1ccnc1)N1CCC[C@@]2(CCC(=O)N(CC3CC3)C2)C1. The van der Waals surface area contributed by atoms with Crippen LogP contribution in [0.5, 0.6) is 0 Å². The van der Waals surface area contributed by atoms with Gasteiger partial charge >= 0.3 is 0 Å². The second-order valence-corrected chi connectivity index (χ2v) is 8.54. The van der Waals surface area contributed by atoms with Crippen molar-refractivity contribution in [3.8, 4) is 0 Å². The van der Waals surface area contributed by atoms with Gasteiger partial charge in [-0.15, -0.1) is 0 Å². The summed E-state index contributed by atoms with van der Waals surface area (Å²) in [5.74, 6) is 1.33. The highest BCUT2D eigenvalue weighted by atomic mass is 16.2. The molecule has 6 heteroatoms. The molecule has 6 nitrogen and oxygen atoms in total. The number of nitrogens with zero attached hydrogens (tertiary/aromatic N) is 4. The van der Waals surface area contributed by atoms with Crippen LogP contribution in [0.15, 0.2) is 18.7 Å². The number of aromatic nitrogens is 2. The Labute approximate surface area is 155 Å². The molecule has 0 unspecified atom stereocenters. The number of amides is 2. The van der Waals surface area contributed by atoms with Gasteiger partial charge in [-0.3, -0.25) is 9.59 Å². The Morgan fingerprint density at radius 3 is 2.92 bits per heavy atom. The molecule has 1 atom stereocenters. The van der Waals surface area contributed by atoms with E-state index in [1.807, 2.05) is 10.8 Å². The van der Waals surface area contributed by atoms with E-state index in [1.54, 1.807) is 12.5 Å². The number of carbonyl (C=O) groups is 2. The zero-order valence-electron chi connectivity index (χ0n) is 15.6. The van der Waals surface area contributed by atoms with Crippen LogP contribution in [0, 0.1) is 11.3 Å². The van der Waals surface area contributed by atoms with Crippen molar-refractivity contribution in [3.05, 3.63) is 18.7 Å². The van der Waals surface area contributed by atoms with Gasteiger partial charge in [0, 0.05) is 63.4 Å². The third-order valence-corrected chi connectivity index (χ3v) is 6.30. The molecule has 1 saturated carbocycles. The zero-order chi connectivity index (χ0) is 18.0. The van der Waals surface area contributed by atoms with Crippen LogP contribution >= 0.6 is 0 Å². The van der Waals surface area contributed by atoms with Gasteiger partial charge in [-0.1, -0.05) is 0 Å². The van der Waals surface area contributed by atoms with Crippen LogP contribution in [-0.2, 0) is 16.1 Å². The van der Waals surface area contributed by atoms with Crippen molar-refractivity contribution < 1.29 is 9.59 Å². The molecule has 2 amide bonds. The smallest absolute Gasteiger partial charge is 0.222 e. The lowest BCUT2D eigenvalue weighted by Gasteiger charge is -2.48. The van der Waals surface area contributed by atoms with Crippen molar-refractivity contribution in [1.29, 1.82) is 0 Å². The van der Waals surface area contributed by atoms with Crippen molar-refractivity contribution in [3.63, 3.8) is 0 Å². The molecule has 2 saturated heterocycles. The summed E-state index contributed by atoms with van der Waals surface area (Å²) in [6.45, 7) is 4.36. The molecule has 1 aromatic heterocycles. The number of hydrogen-bond donors (Lipinski definition) is 0. The molecule has 0 bridgehead atoms. The summed E-state index contributed by atoms with van der Waals surface area (Å²) in [6, 6.07) is 0. The Balaban J connectivity index is 1.31. The Kier molecular flexibility index (Phi) is 5.00. The third-order valence-electron chi connectivity index (χ3n) is 6.30. The highest BCUT2D eigenvalue weighted by molar-refractivity contribution is 5.78. The van der Waals surface area contributed by atoms with Gasteiger partial charge in [0.2, 0.25) is 11.8 Å². The van der Waals surface area contributed by atoms with Crippen LogP contribution in [0.4, 0.5) is 0 Å². The van der Waals surface area contributed by atoms with Crippen molar-refractivity contribution in [2.75, 3.05) is 26.2 Å². The number of piperidine rings is 2. The van der Waals surface area contributed by atoms with Gasteiger partial charge in [-0.05, 0) is 44.4 Å². The van der Waals surface area contributed by atoms with Crippen molar-refractivity contribution in [1.82, 2.24) is 19.4 Å². The van der Waals surface area contributed by atoms with Gasteiger partial charge in [0.25, 0.3) is 0 Å². The summed E-state index contributed by atoms with van der Waals surface area (Å²) in [5, 5.41) is 0. The van der Waals surface area contributed by atoms with E-state index in [1.165, 1.54) is 12.8 Å². The fraction of sp³-hybridized carbons (Fsp3) is 0.750. The van der Waals surface area contributed by atoms with Crippen molar-refractivity contribution in [2.45, 2.75) is 57.9 Å². The predicted molar refractivity (Wildman–Crippen MR) is 98.2 cm³/mol. The lowest BCUT2D eigenvalue weighted by Crippen LogP contribution is -2.55. The third kappa shape index (κ3) is 4.10. The van der Waals surface area contributed by atoms with Crippen LogP contribution in [0.1, 0.15) is 51.4 Å². The number of carbonyl (C=O) groups excluding carboxylic acids is 2. The summed E-state index contributed by atoms with van der Waals surface area (Å²) in [6.07, 6.45) is 13.3. The van der Waals surface area contributed by atoms with E-state index in [0.29, 0.717) is 18.7 Å². The highest BCUT2D eigenvalue weighted by Gasteiger charge is 2.43. The molecule has 26 heavy (non-hydrogen) atoms. The molecule has 4 rings (SSSR count). The first-order chi connectivity index (χ1) is 12.6. The molecule has 0 aromatic carbocycles. The fourth-order valence-corrected chi connectivity index (χ4v) is 4.62. The maximum atomic E-state index is 12.7. The second-order valence-electron chi connectivity index (χ2n) is 8.54. The molecule has 3 heterocycles. The van der Waals surface area contributed by atoms with E-state index in [0.717, 1.165) is 64.3 Å². The molecule has 0 N–H and O–H groups in total. The first-order valence-corrected chi connectivity index (χ1v) is 10.1. The number of imidazole rings is 1. The molecule has 1 aliphatic carbocycles. The fourth-order valence-electron chi connectivity index (χ4n) is 4.62. The van der Waals surface area contributed by atoms with Crippen LogP contribution in [0.2, 0.25) is 0 Å². The summed E-state index contributed by atoms with van der Waals surface area (Å²) in [4.78, 5) is 33.2. The lowest BCUT2D eigenvalue weighted by molar-refractivity contribution is -0.143. The molecular weight excluding hydrogens is 328 g/mol. The Bertz CT molecular complexity index is 640. The molecule has 0 radical (unpaired) electrons. The minimum absolute atomic E-state index is 0.140. The van der Waals surface area contributed by atoms with Crippen molar-refractivity contribution >= 4 is 11.8 Å². The predicted octanol–water partition coefficient (Wildman–Crippen LogP) is 2.30. The van der Waals surface area contributed by atoms with Gasteiger partial charge in [-0.25, -0.2) is 4.98 Å². The van der Waals surface area contributed by atoms with Gasteiger partial charge < -0.3 is 14.4 Å². The second kappa shape index (κ2) is 7.41. The van der Waals surface area contributed by atoms with E-state index in [9.17, 15) is 9.59 Å². The minimum atomic E-state index is 0.140. The summed E-state index contributed by atoms with van der Waals surface area (Å²) >= 11 is 0. The normalized spacial score (nSPS) is 26.5. The van der Waals surface area contributed by atoms with E-state index in [4.69, 9.17) is 0 Å². The van der Waals surface area contributed by atoms with E-state index in [-0.39, 0.29) is 11.3 Å².